The number of rotatable bonds is 6. The summed E-state index contributed by atoms with van der Waals surface area (Å²) < 4.78 is 0. The molecule has 2 rings (SSSR count). The van der Waals surface area contributed by atoms with Crippen molar-refractivity contribution in [3.8, 4) is 0 Å². The average Bonchev–Trinajstić information content (AvgIpc) is 2.53. The number of benzene rings is 2. The van der Waals surface area contributed by atoms with Crippen molar-refractivity contribution < 1.29 is 14.4 Å². The molecule has 0 saturated heterocycles. The quantitative estimate of drug-likeness (QED) is 0.634. The summed E-state index contributed by atoms with van der Waals surface area (Å²) in [6.45, 7) is 3.82. The van der Waals surface area contributed by atoms with Crippen LogP contribution in [0.4, 0.5) is 5.69 Å². The maximum atomic E-state index is 11.9. The maximum absolute atomic E-state index is 11.9. The molecule has 0 bridgehead atoms. The standard InChI is InChI=1S/C19H20N2O3/c1-13-5-3-6-15(9-13)12-20-18(23)11-19(24)21-17-8-4-7-16(10-17)14(2)22/h3-10H,11-12H2,1-2H3,(H,20,23)(H,21,24). The highest BCUT2D eigenvalue weighted by atomic mass is 16.2. The largest absolute Gasteiger partial charge is 0.352 e. The zero-order chi connectivity index (χ0) is 17.5. The fourth-order valence-electron chi connectivity index (χ4n) is 2.25. The van der Waals surface area contributed by atoms with Gasteiger partial charge in [-0.25, -0.2) is 0 Å². The molecule has 0 aliphatic carbocycles. The van der Waals surface area contributed by atoms with Crippen molar-refractivity contribution >= 4 is 23.3 Å². The van der Waals surface area contributed by atoms with Crippen LogP contribution in [0.15, 0.2) is 48.5 Å². The number of carbonyl (C=O) groups is 3. The van der Waals surface area contributed by atoms with E-state index >= 15 is 0 Å². The molecule has 2 N–H and O–H groups in total. The van der Waals surface area contributed by atoms with Gasteiger partial charge in [-0.2, -0.15) is 0 Å². The smallest absolute Gasteiger partial charge is 0.233 e. The van der Waals surface area contributed by atoms with Crippen LogP contribution < -0.4 is 10.6 Å². The summed E-state index contributed by atoms with van der Waals surface area (Å²) in [4.78, 5) is 35.1. The number of ketones is 1. The lowest BCUT2D eigenvalue weighted by atomic mass is 10.1. The Morgan fingerprint density at radius 2 is 1.71 bits per heavy atom. The van der Waals surface area contributed by atoms with Gasteiger partial charge in [-0.1, -0.05) is 42.0 Å². The van der Waals surface area contributed by atoms with Crippen molar-refractivity contribution in [1.82, 2.24) is 5.32 Å². The van der Waals surface area contributed by atoms with Crippen LogP contribution in [-0.4, -0.2) is 17.6 Å². The number of anilines is 1. The van der Waals surface area contributed by atoms with Gasteiger partial charge in [0.05, 0.1) is 0 Å². The molecule has 5 nitrogen and oxygen atoms in total. The SMILES string of the molecule is CC(=O)c1cccc(NC(=O)CC(=O)NCc2cccc(C)c2)c1. The molecule has 0 saturated carbocycles. The van der Waals surface area contributed by atoms with E-state index in [2.05, 4.69) is 10.6 Å². The van der Waals surface area contributed by atoms with Gasteiger partial charge in [0.15, 0.2) is 5.78 Å². The zero-order valence-electron chi connectivity index (χ0n) is 13.8. The van der Waals surface area contributed by atoms with E-state index in [0.29, 0.717) is 17.8 Å². The fourth-order valence-corrected chi connectivity index (χ4v) is 2.25. The van der Waals surface area contributed by atoms with Gasteiger partial charge in [-0.05, 0) is 31.5 Å². The molecule has 2 aromatic carbocycles. The van der Waals surface area contributed by atoms with Gasteiger partial charge >= 0.3 is 0 Å². The van der Waals surface area contributed by atoms with E-state index in [1.807, 2.05) is 31.2 Å². The molecular formula is C19H20N2O3. The molecule has 124 valence electrons. The lowest BCUT2D eigenvalue weighted by molar-refractivity contribution is -0.126. The van der Waals surface area contributed by atoms with Crippen molar-refractivity contribution in [2.24, 2.45) is 0 Å². The topological polar surface area (TPSA) is 75.3 Å². The van der Waals surface area contributed by atoms with Crippen LogP contribution >= 0.6 is 0 Å². The molecule has 0 atom stereocenters. The highest BCUT2D eigenvalue weighted by molar-refractivity contribution is 6.04. The number of aryl methyl sites for hydroxylation is 1. The van der Waals surface area contributed by atoms with Crippen molar-refractivity contribution in [2.75, 3.05) is 5.32 Å². The van der Waals surface area contributed by atoms with Crippen LogP contribution in [0.3, 0.4) is 0 Å². The second-order valence-corrected chi connectivity index (χ2v) is 5.63. The van der Waals surface area contributed by atoms with Gasteiger partial charge in [0.25, 0.3) is 0 Å². The van der Waals surface area contributed by atoms with Gasteiger partial charge in [0.1, 0.15) is 6.42 Å². The van der Waals surface area contributed by atoms with E-state index in [4.69, 9.17) is 0 Å². The van der Waals surface area contributed by atoms with Crippen molar-refractivity contribution in [3.05, 3.63) is 65.2 Å². The maximum Gasteiger partial charge on any atom is 0.233 e. The lowest BCUT2D eigenvalue weighted by Gasteiger charge is -2.08. The Bertz CT molecular complexity index is 769. The highest BCUT2D eigenvalue weighted by Gasteiger charge is 2.10. The van der Waals surface area contributed by atoms with Crippen molar-refractivity contribution in [1.29, 1.82) is 0 Å². The van der Waals surface area contributed by atoms with Gasteiger partial charge in [-0.3, -0.25) is 14.4 Å². The number of carbonyl (C=O) groups excluding carboxylic acids is 3. The molecule has 2 amide bonds. The van der Waals surface area contributed by atoms with Crippen LogP contribution in [-0.2, 0) is 16.1 Å². The second kappa shape index (κ2) is 8.06. The molecule has 24 heavy (non-hydrogen) atoms. The molecule has 0 radical (unpaired) electrons. The van der Waals surface area contributed by atoms with Crippen molar-refractivity contribution in [3.63, 3.8) is 0 Å². The minimum absolute atomic E-state index is 0.0815. The second-order valence-electron chi connectivity index (χ2n) is 5.63. The summed E-state index contributed by atoms with van der Waals surface area (Å²) >= 11 is 0. The van der Waals surface area contributed by atoms with E-state index < -0.39 is 5.91 Å². The van der Waals surface area contributed by atoms with Gasteiger partial charge in [0.2, 0.25) is 11.8 Å². The highest BCUT2D eigenvalue weighted by Crippen LogP contribution is 2.11. The molecule has 0 heterocycles. The molecule has 0 aliphatic rings. The average molecular weight is 324 g/mol. The molecule has 0 aliphatic heterocycles. The van der Waals surface area contributed by atoms with E-state index in [0.717, 1.165) is 11.1 Å². The van der Waals surface area contributed by atoms with Crippen LogP contribution in [0.1, 0.15) is 34.8 Å². The first-order chi connectivity index (χ1) is 11.4. The van der Waals surface area contributed by atoms with Crippen molar-refractivity contribution in [2.45, 2.75) is 26.8 Å². The van der Waals surface area contributed by atoms with Crippen LogP contribution in [0.25, 0.3) is 0 Å². The van der Waals surface area contributed by atoms with Gasteiger partial charge in [-0.15, -0.1) is 0 Å². The minimum Gasteiger partial charge on any atom is -0.352 e. The Balaban J connectivity index is 1.84. The fraction of sp³-hybridized carbons (Fsp3) is 0.211. The van der Waals surface area contributed by atoms with Crippen LogP contribution in [0, 0.1) is 6.92 Å². The number of Topliss-reactive ketones (excluding diaryl/α,β-unsaturated/α-hetero) is 1. The monoisotopic (exact) mass is 324 g/mol. The van der Waals surface area contributed by atoms with E-state index in [1.54, 1.807) is 24.3 Å². The Morgan fingerprint density at radius 1 is 0.958 bits per heavy atom. The summed E-state index contributed by atoms with van der Waals surface area (Å²) in [5, 5.41) is 5.34. The molecule has 0 aromatic heterocycles. The van der Waals surface area contributed by atoms with E-state index in [1.165, 1.54) is 6.92 Å². The third-order valence-corrected chi connectivity index (χ3v) is 3.45. The summed E-state index contributed by atoms with van der Waals surface area (Å²) in [6.07, 6.45) is -0.268. The number of amides is 2. The van der Waals surface area contributed by atoms with E-state index in [-0.39, 0.29) is 18.1 Å². The zero-order valence-corrected chi connectivity index (χ0v) is 13.8. The Morgan fingerprint density at radius 3 is 2.42 bits per heavy atom. The Kier molecular flexibility index (Phi) is 5.84. The van der Waals surface area contributed by atoms with E-state index in [9.17, 15) is 14.4 Å². The summed E-state index contributed by atoms with van der Waals surface area (Å²) in [6, 6.07) is 14.4. The predicted octanol–water partition coefficient (Wildman–Crippen LogP) is 2.84. The lowest BCUT2D eigenvalue weighted by Crippen LogP contribution is -2.27. The Hall–Kier alpha value is -2.95. The molecule has 5 heteroatoms. The first-order valence-corrected chi connectivity index (χ1v) is 7.67. The van der Waals surface area contributed by atoms with Crippen LogP contribution in [0.5, 0.6) is 0 Å². The van der Waals surface area contributed by atoms with Gasteiger partial charge in [0, 0.05) is 17.8 Å². The summed E-state index contributed by atoms with van der Waals surface area (Å²) in [5.41, 5.74) is 3.11. The molecule has 0 unspecified atom stereocenters. The molecule has 0 fully saturated rings. The number of nitrogens with one attached hydrogen (secondary N) is 2. The summed E-state index contributed by atoms with van der Waals surface area (Å²) in [5.74, 6) is -0.851. The first kappa shape index (κ1) is 17.4. The predicted molar refractivity (Wildman–Crippen MR) is 92.7 cm³/mol. The first-order valence-electron chi connectivity index (χ1n) is 7.67. The van der Waals surface area contributed by atoms with Gasteiger partial charge < -0.3 is 10.6 Å². The number of hydrogen-bond donors (Lipinski definition) is 2. The third-order valence-electron chi connectivity index (χ3n) is 3.45. The van der Waals surface area contributed by atoms with Crippen LogP contribution in [0.2, 0.25) is 0 Å². The Labute approximate surface area is 141 Å². The molecule has 2 aromatic rings. The number of hydrogen-bond acceptors (Lipinski definition) is 3. The minimum atomic E-state index is -0.419. The normalized spacial score (nSPS) is 10.1. The third kappa shape index (κ3) is 5.35. The summed E-state index contributed by atoms with van der Waals surface area (Å²) in [7, 11) is 0. The molecular weight excluding hydrogens is 304 g/mol. The molecule has 0 spiro atoms.